The second kappa shape index (κ2) is 8.78. The van der Waals surface area contributed by atoms with Crippen LogP contribution in [0.25, 0.3) is 22.8 Å². The highest BCUT2D eigenvalue weighted by atomic mass is 32.2. The Hall–Kier alpha value is -3.75. The van der Waals surface area contributed by atoms with Crippen molar-refractivity contribution in [3.05, 3.63) is 90.6 Å². The lowest BCUT2D eigenvalue weighted by Crippen LogP contribution is -2.22. The maximum absolute atomic E-state index is 13.0. The largest absolute Gasteiger partial charge is 0.436 e. The molecule has 0 bridgehead atoms. The third-order valence-electron chi connectivity index (χ3n) is 4.84. The Morgan fingerprint density at radius 2 is 1.66 bits per heavy atom. The van der Waals surface area contributed by atoms with E-state index < -0.39 is 15.9 Å². The minimum atomic E-state index is -3.62. The van der Waals surface area contributed by atoms with Gasteiger partial charge < -0.3 is 9.73 Å². The fourth-order valence-corrected chi connectivity index (χ4v) is 4.09. The molecule has 1 heterocycles. The van der Waals surface area contributed by atoms with Gasteiger partial charge in [-0.15, -0.1) is 0 Å². The number of nitrogens with one attached hydrogen (secondary N) is 1. The number of benzene rings is 3. The van der Waals surface area contributed by atoms with Crippen molar-refractivity contribution in [2.75, 3.05) is 19.4 Å². The van der Waals surface area contributed by atoms with Crippen LogP contribution in [0.15, 0.2) is 94.4 Å². The number of aromatic nitrogens is 1. The number of nitrogens with zero attached hydrogens (tertiary/aromatic N) is 2. The third-order valence-corrected chi connectivity index (χ3v) is 6.65. The van der Waals surface area contributed by atoms with Gasteiger partial charge in [-0.2, -0.15) is 0 Å². The molecule has 0 unspecified atom stereocenters. The van der Waals surface area contributed by atoms with E-state index in [0.717, 1.165) is 9.87 Å². The van der Waals surface area contributed by atoms with E-state index in [1.807, 2.05) is 30.3 Å². The molecule has 1 aromatic heterocycles. The molecule has 1 amide bonds. The lowest BCUT2D eigenvalue weighted by molar-refractivity contribution is 0.102. The summed E-state index contributed by atoms with van der Waals surface area (Å²) in [6.45, 7) is 0. The SMILES string of the molecule is CN(C)S(=O)(=O)c1cccc(NC(=O)c2ccccc2-c2ncc(-c3ccccc3)o2)c1. The Morgan fingerprint density at radius 3 is 2.41 bits per heavy atom. The number of hydrogen-bond donors (Lipinski definition) is 1. The molecule has 0 aliphatic carbocycles. The highest BCUT2D eigenvalue weighted by Crippen LogP contribution is 2.29. The first-order valence-corrected chi connectivity index (χ1v) is 11.2. The summed E-state index contributed by atoms with van der Waals surface area (Å²) in [7, 11) is -0.707. The number of hydrogen-bond acceptors (Lipinski definition) is 5. The van der Waals surface area contributed by atoms with Gasteiger partial charge in [0, 0.05) is 30.9 Å². The van der Waals surface area contributed by atoms with E-state index in [-0.39, 0.29) is 4.90 Å². The van der Waals surface area contributed by atoms with Gasteiger partial charge in [0.1, 0.15) is 0 Å². The zero-order valence-corrected chi connectivity index (χ0v) is 18.3. The van der Waals surface area contributed by atoms with Crippen LogP contribution < -0.4 is 5.32 Å². The molecule has 0 aliphatic rings. The fraction of sp³-hybridized carbons (Fsp3) is 0.0833. The molecule has 0 spiro atoms. The van der Waals surface area contributed by atoms with Crippen molar-refractivity contribution in [3.63, 3.8) is 0 Å². The van der Waals surface area contributed by atoms with Gasteiger partial charge in [0.2, 0.25) is 15.9 Å². The maximum atomic E-state index is 13.0. The van der Waals surface area contributed by atoms with Crippen LogP contribution in [-0.2, 0) is 10.0 Å². The molecule has 0 aliphatic heterocycles. The lowest BCUT2D eigenvalue weighted by atomic mass is 10.1. The molecular formula is C24H21N3O4S. The molecule has 32 heavy (non-hydrogen) atoms. The van der Waals surface area contributed by atoms with Gasteiger partial charge in [0.15, 0.2) is 5.76 Å². The van der Waals surface area contributed by atoms with Crippen molar-refractivity contribution in [2.24, 2.45) is 0 Å². The van der Waals surface area contributed by atoms with Crippen LogP contribution in [0.5, 0.6) is 0 Å². The first-order chi connectivity index (χ1) is 15.4. The Labute approximate surface area is 186 Å². The second-order valence-corrected chi connectivity index (χ2v) is 9.36. The van der Waals surface area contributed by atoms with Crippen LogP contribution in [0.4, 0.5) is 5.69 Å². The molecule has 3 aromatic carbocycles. The van der Waals surface area contributed by atoms with Gasteiger partial charge in [-0.1, -0.05) is 48.5 Å². The Balaban J connectivity index is 1.63. The summed E-state index contributed by atoms with van der Waals surface area (Å²) in [5.74, 6) is 0.510. The third kappa shape index (κ3) is 4.32. The zero-order chi connectivity index (χ0) is 22.7. The van der Waals surface area contributed by atoms with E-state index >= 15 is 0 Å². The van der Waals surface area contributed by atoms with E-state index in [0.29, 0.717) is 28.5 Å². The average molecular weight is 448 g/mol. The number of carbonyl (C=O) groups is 1. The summed E-state index contributed by atoms with van der Waals surface area (Å²) >= 11 is 0. The van der Waals surface area contributed by atoms with Crippen molar-refractivity contribution in [3.8, 4) is 22.8 Å². The Morgan fingerprint density at radius 1 is 0.938 bits per heavy atom. The smallest absolute Gasteiger partial charge is 0.256 e. The van der Waals surface area contributed by atoms with Gasteiger partial charge in [-0.3, -0.25) is 4.79 Å². The highest BCUT2D eigenvalue weighted by Gasteiger charge is 2.20. The normalized spacial score (nSPS) is 11.5. The average Bonchev–Trinajstić information content (AvgIpc) is 3.30. The predicted octanol–water partition coefficient (Wildman–Crippen LogP) is 4.51. The number of rotatable bonds is 6. The first kappa shape index (κ1) is 21.5. The Bertz CT molecular complexity index is 1360. The molecule has 0 saturated carbocycles. The summed E-state index contributed by atoms with van der Waals surface area (Å²) in [6.07, 6.45) is 1.62. The topological polar surface area (TPSA) is 92.5 Å². The molecule has 0 fully saturated rings. The van der Waals surface area contributed by atoms with Crippen molar-refractivity contribution < 1.29 is 17.6 Å². The van der Waals surface area contributed by atoms with E-state index in [1.165, 1.54) is 26.2 Å². The monoisotopic (exact) mass is 447 g/mol. The van der Waals surface area contributed by atoms with Crippen LogP contribution in [0.1, 0.15) is 10.4 Å². The van der Waals surface area contributed by atoms with E-state index in [2.05, 4.69) is 10.3 Å². The van der Waals surface area contributed by atoms with Gasteiger partial charge in [-0.05, 0) is 30.3 Å². The fourth-order valence-electron chi connectivity index (χ4n) is 3.15. The molecule has 162 valence electrons. The van der Waals surface area contributed by atoms with Crippen LogP contribution in [0.2, 0.25) is 0 Å². The van der Waals surface area contributed by atoms with Crippen LogP contribution in [0.3, 0.4) is 0 Å². The molecule has 7 nitrogen and oxygen atoms in total. The first-order valence-electron chi connectivity index (χ1n) is 9.81. The predicted molar refractivity (Wildman–Crippen MR) is 123 cm³/mol. The zero-order valence-electron chi connectivity index (χ0n) is 17.5. The quantitative estimate of drug-likeness (QED) is 0.469. The van der Waals surface area contributed by atoms with Crippen LogP contribution in [0, 0.1) is 0 Å². The molecule has 0 saturated heterocycles. The van der Waals surface area contributed by atoms with Gasteiger partial charge >= 0.3 is 0 Å². The van der Waals surface area contributed by atoms with Crippen molar-refractivity contribution >= 4 is 21.6 Å². The lowest BCUT2D eigenvalue weighted by Gasteiger charge is -2.13. The minimum Gasteiger partial charge on any atom is -0.436 e. The van der Waals surface area contributed by atoms with E-state index in [4.69, 9.17) is 4.42 Å². The van der Waals surface area contributed by atoms with Gasteiger partial charge in [0.05, 0.1) is 16.7 Å². The molecule has 4 aromatic rings. The molecule has 0 atom stereocenters. The van der Waals surface area contributed by atoms with E-state index in [9.17, 15) is 13.2 Å². The maximum Gasteiger partial charge on any atom is 0.256 e. The van der Waals surface area contributed by atoms with Gasteiger partial charge in [-0.25, -0.2) is 17.7 Å². The van der Waals surface area contributed by atoms with E-state index in [1.54, 1.807) is 42.6 Å². The number of sulfonamides is 1. The summed E-state index contributed by atoms with van der Waals surface area (Å²) in [5, 5.41) is 2.77. The summed E-state index contributed by atoms with van der Waals surface area (Å²) in [5.41, 5.74) is 2.14. The van der Waals surface area contributed by atoms with Crippen LogP contribution >= 0.6 is 0 Å². The van der Waals surface area contributed by atoms with Gasteiger partial charge in [0.25, 0.3) is 5.91 Å². The molecule has 4 rings (SSSR count). The summed E-state index contributed by atoms with van der Waals surface area (Å²) in [4.78, 5) is 17.5. The molecule has 1 N–H and O–H groups in total. The molecule has 8 heteroatoms. The number of oxazole rings is 1. The molecule has 0 radical (unpaired) electrons. The van der Waals surface area contributed by atoms with Crippen molar-refractivity contribution in [2.45, 2.75) is 4.90 Å². The number of carbonyl (C=O) groups excluding carboxylic acids is 1. The summed E-state index contributed by atoms with van der Waals surface area (Å²) < 4.78 is 31.8. The minimum absolute atomic E-state index is 0.0915. The second-order valence-electron chi connectivity index (χ2n) is 7.21. The van der Waals surface area contributed by atoms with Crippen molar-refractivity contribution in [1.82, 2.24) is 9.29 Å². The van der Waals surface area contributed by atoms with Crippen LogP contribution in [-0.4, -0.2) is 37.7 Å². The Kier molecular flexibility index (Phi) is 5.89. The standard InChI is InChI=1S/C24H21N3O4S/c1-27(2)32(29,30)19-12-8-11-18(15-19)26-23(28)20-13-6-7-14-21(20)24-25-16-22(31-24)17-9-4-3-5-10-17/h3-16H,1-2H3,(H,26,28). The number of amides is 1. The highest BCUT2D eigenvalue weighted by molar-refractivity contribution is 7.89. The number of anilines is 1. The van der Waals surface area contributed by atoms with Crippen molar-refractivity contribution in [1.29, 1.82) is 0 Å². The molecular weight excluding hydrogens is 426 g/mol. The summed E-state index contributed by atoms with van der Waals surface area (Å²) in [6, 6.07) is 22.6.